The average molecular weight is 382 g/mol. The summed E-state index contributed by atoms with van der Waals surface area (Å²) in [7, 11) is 0. The fourth-order valence-electron chi connectivity index (χ4n) is 3.14. The first kappa shape index (κ1) is 18.9. The summed E-state index contributed by atoms with van der Waals surface area (Å²) < 4.78 is 41.3. The van der Waals surface area contributed by atoms with Gasteiger partial charge in [0.25, 0.3) is 0 Å². The Morgan fingerprint density at radius 3 is 2.48 bits per heavy atom. The molecule has 1 saturated heterocycles. The van der Waals surface area contributed by atoms with Gasteiger partial charge in [0.1, 0.15) is 0 Å². The van der Waals surface area contributed by atoms with Crippen LogP contribution in [0.3, 0.4) is 0 Å². The highest BCUT2D eigenvalue weighted by atomic mass is 19.4. The number of carbonyl (C=O) groups is 2. The van der Waals surface area contributed by atoms with Gasteiger partial charge in [-0.25, -0.2) is 4.68 Å². The summed E-state index contributed by atoms with van der Waals surface area (Å²) in [6, 6.07) is 9.07. The number of hydrogen-bond donors (Lipinski definition) is 1. The predicted octanol–water partition coefficient (Wildman–Crippen LogP) is 1.98. The normalized spacial score (nSPS) is 20.1. The number of aromatic nitrogens is 3. The lowest BCUT2D eigenvalue weighted by atomic mass is 9.86. The maximum Gasteiger partial charge on any atom is 0.406 e. The molecule has 10 heteroatoms. The summed E-state index contributed by atoms with van der Waals surface area (Å²) in [5, 5.41) is 17.0. The van der Waals surface area contributed by atoms with Crippen molar-refractivity contribution in [1.82, 2.24) is 19.9 Å². The molecule has 144 valence electrons. The number of likely N-dealkylation sites (tertiary alicyclic amines) is 1. The topological polar surface area (TPSA) is 88.3 Å². The molecule has 2 aromatic rings. The van der Waals surface area contributed by atoms with Gasteiger partial charge in [0.05, 0.1) is 23.5 Å². The average Bonchev–Trinajstić information content (AvgIpc) is 3.21. The van der Waals surface area contributed by atoms with Crippen LogP contribution in [0.1, 0.15) is 17.8 Å². The van der Waals surface area contributed by atoms with E-state index in [1.54, 1.807) is 19.1 Å². The molecule has 0 spiro atoms. The molecule has 2 heterocycles. The highest BCUT2D eigenvalue weighted by Crippen LogP contribution is 2.45. The molecule has 1 atom stereocenters. The largest absolute Gasteiger partial charge is 0.481 e. The lowest BCUT2D eigenvalue weighted by Gasteiger charge is -2.27. The number of amides is 1. The highest BCUT2D eigenvalue weighted by Gasteiger charge is 2.64. The van der Waals surface area contributed by atoms with Crippen LogP contribution in [0.4, 0.5) is 13.2 Å². The number of carboxylic acids is 1. The molecule has 3 rings (SSSR count). The Morgan fingerprint density at radius 1 is 1.26 bits per heavy atom. The first-order valence-corrected chi connectivity index (χ1v) is 8.20. The van der Waals surface area contributed by atoms with E-state index < -0.39 is 36.4 Å². The highest BCUT2D eigenvalue weighted by molar-refractivity contribution is 5.82. The van der Waals surface area contributed by atoms with Crippen molar-refractivity contribution in [3.8, 4) is 5.69 Å². The molecule has 7 nitrogen and oxygen atoms in total. The number of carbonyl (C=O) groups excluding carboxylic acids is 1. The van der Waals surface area contributed by atoms with Crippen LogP contribution in [0.5, 0.6) is 0 Å². The van der Waals surface area contributed by atoms with Crippen molar-refractivity contribution < 1.29 is 27.9 Å². The zero-order chi connectivity index (χ0) is 19.8. The molecule has 27 heavy (non-hydrogen) atoms. The first-order valence-electron chi connectivity index (χ1n) is 8.20. The predicted molar refractivity (Wildman–Crippen MR) is 87.1 cm³/mol. The van der Waals surface area contributed by atoms with Gasteiger partial charge in [0.2, 0.25) is 5.91 Å². The van der Waals surface area contributed by atoms with Crippen LogP contribution in [0.15, 0.2) is 30.3 Å². The number of aliphatic carboxylic acids is 1. The summed E-state index contributed by atoms with van der Waals surface area (Å²) in [6.45, 7) is 0.546. The molecule has 1 aromatic carbocycles. The number of nitrogens with zero attached hydrogens (tertiary/aromatic N) is 4. The van der Waals surface area contributed by atoms with Crippen molar-refractivity contribution in [2.45, 2.75) is 25.9 Å². The molecular weight excluding hydrogens is 365 g/mol. The molecule has 0 saturated carbocycles. The maximum atomic E-state index is 13.2. The molecule has 1 aliphatic heterocycles. The molecule has 1 N–H and O–H groups in total. The molecule has 0 radical (unpaired) electrons. The summed E-state index contributed by atoms with van der Waals surface area (Å²) in [5.41, 5.74) is -1.25. The summed E-state index contributed by atoms with van der Waals surface area (Å²) in [5.74, 6) is -2.57. The molecule has 0 aliphatic carbocycles. The van der Waals surface area contributed by atoms with E-state index in [0.717, 1.165) is 10.6 Å². The third-order valence-corrected chi connectivity index (χ3v) is 4.88. The van der Waals surface area contributed by atoms with Crippen molar-refractivity contribution >= 4 is 11.9 Å². The standard InChI is InChI=1S/C17H17F3N4O3/c1-11-13(21-22-24(11)12-5-3-2-4-6-12)9-14(25)23-8-7-16(10-23,15(26)27)17(18,19)20/h2-6H,7-10H2,1H3,(H,26,27). The van der Waals surface area contributed by atoms with E-state index in [1.807, 2.05) is 18.2 Å². The number of alkyl halides is 3. The van der Waals surface area contributed by atoms with Crippen LogP contribution in [0.2, 0.25) is 0 Å². The number of rotatable bonds is 4. The molecule has 1 aromatic heterocycles. The van der Waals surface area contributed by atoms with E-state index in [0.29, 0.717) is 11.4 Å². The number of hydrogen-bond acceptors (Lipinski definition) is 4. The second-order valence-electron chi connectivity index (χ2n) is 6.50. The number of carboxylic acid groups (broad SMARTS) is 1. The van der Waals surface area contributed by atoms with Gasteiger partial charge in [-0.05, 0) is 25.5 Å². The number of para-hydroxylation sites is 1. The summed E-state index contributed by atoms with van der Waals surface area (Å²) >= 11 is 0. The Balaban J connectivity index is 1.76. The molecule has 1 aliphatic rings. The number of halogens is 3. The lowest BCUT2D eigenvalue weighted by molar-refractivity contribution is -0.227. The minimum Gasteiger partial charge on any atom is -0.481 e. The Kier molecular flexibility index (Phi) is 4.66. The van der Waals surface area contributed by atoms with Crippen molar-refractivity contribution in [1.29, 1.82) is 0 Å². The van der Waals surface area contributed by atoms with E-state index in [2.05, 4.69) is 10.3 Å². The van der Waals surface area contributed by atoms with E-state index in [9.17, 15) is 22.8 Å². The van der Waals surface area contributed by atoms with Gasteiger partial charge >= 0.3 is 12.1 Å². The molecule has 1 unspecified atom stereocenters. The molecule has 1 amide bonds. The lowest BCUT2D eigenvalue weighted by Crippen LogP contribution is -2.47. The van der Waals surface area contributed by atoms with Crippen LogP contribution in [-0.4, -0.2) is 56.1 Å². The van der Waals surface area contributed by atoms with Gasteiger partial charge in [0, 0.05) is 13.1 Å². The van der Waals surface area contributed by atoms with Crippen LogP contribution in [0, 0.1) is 12.3 Å². The van der Waals surface area contributed by atoms with Crippen LogP contribution < -0.4 is 0 Å². The fraction of sp³-hybridized carbons (Fsp3) is 0.412. The molecular formula is C17H17F3N4O3. The molecule has 1 fully saturated rings. The van der Waals surface area contributed by atoms with Crippen molar-refractivity contribution in [3.05, 3.63) is 41.7 Å². The Bertz CT molecular complexity index is 866. The van der Waals surface area contributed by atoms with Crippen molar-refractivity contribution in [2.75, 3.05) is 13.1 Å². The fourth-order valence-corrected chi connectivity index (χ4v) is 3.14. The summed E-state index contributed by atoms with van der Waals surface area (Å²) in [6.07, 6.45) is -5.83. The second kappa shape index (κ2) is 6.67. The maximum absolute atomic E-state index is 13.2. The van der Waals surface area contributed by atoms with E-state index in [1.165, 1.54) is 4.68 Å². The Hall–Kier alpha value is -2.91. The van der Waals surface area contributed by atoms with Crippen LogP contribution >= 0.6 is 0 Å². The minimum absolute atomic E-state index is 0.244. The molecule has 0 bridgehead atoms. The quantitative estimate of drug-likeness (QED) is 0.874. The zero-order valence-corrected chi connectivity index (χ0v) is 14.4. The van der Waals surface area contributed by atoms with Gasteiger partial charge in [0.15, 0.2) is 5.41 Å². The van der Waals surface area contributed by atoms with E-state index in [-0.39, 0.29) is 13.0 Å². The number of benzene rings is 1. The summed E-state index contributed by atoms with van der Waals surface area (Å²) in [4.78, 5) is 24.6. The minimum atomic E-state index is -4.93. The van der Waals surface area contributed by atoms with E-state index in [4.69, 9.17) is 5.11 Å². The van der Waals surface area contributed by atoms with Gasteiger partial charge in [-0.2, -0.15) is 13.2 Å². The monoisotopic (exact) mass is 382 g/mol. The Morgan fingerprint density at radius 2 is 1.93 bits per heavy atom. The SMILES string of the molecule is Cc1c(CC(=O)N2CCC(C(=O)O)(C(F)(F)F)C2)nnn1-c1ccccc1. The van der Waals surface area contributed by atoms with Crippen LogP contribution in [0.25, 0.3) is 5.69 Å². The third kappa shape index (κ3) is 3.26. The van der Waals surface area contributed by atoms with Crippen molar-refractivity contribution in [3.63, 3.8) is 0 Å². The van der Waals surface area contributed by atoms with Gasteiger partial charge in [-0.15, -0.1) is 5.10 Å². The third-order valence-electron chi connectivity index (χ3n) is 4.88. The van der Waals surface area contributed by atoms with Crippen molar-refractivity contribution in [2.24, 2.45) is 5.41 Å². The zero-order valence-electron chi connectivity index (χ0n) is 14.4. The van der Waals surface area contributed by atoms with E-state index >= 15 is 0 Å². The van der Waals surface area contributed by atoms with Gasteiger partial charge in [-0.1, -0.05) is 23.4 Å². The second-order valence-corrected chi connectivity index (χ2v) is 6.50. The van der Waals surface area contributed by atoms with Gasteiger partial charge in [-0.3, -0.25) is 9.59 Å². The first-order chi connectivity index (χ1) is 12.7. The smallest absolute Gasteiger partial charge is 0.406 e. The Labute approximate surface area is 152 Å². The van der Waals surface area contributed by atoms with Crippen LogP contribution in [-0.2, 0) is 16.0 Å². The van der Waals surface area contributed by atoms with Gasteiger partial charge < -0.3 is 10.0 Å².